The molecule has 0 atom stereocenters. The summed E-state index contributed by atoms with van der Waals surface area (Å²) in [4.78, 5) is 102. The van der Waals surface area contributed by atoms with E-state index in [9.17, 15) is 43.2 Å². The van der Waals surface area contributed by atoms with Crippen LogP contribution in [0.4, 0.5) is 0 Å². The Bertz CT molecular complexity index is 1020. The third-order valence-electron chi connectivity index (χ3n) is 4.99. The van der Waals surface area contributed by atoms with Gasteiger partial charge in [-0.1, -0.05) is 62.3 Å². The van der Waals surface area contributed by atoms with Crippen LogP contribution in [0.1, 0.15) is 125 Å². The van der Waals surface area contributed by atoms with E-state index in [4.69, 9.17) is 0 Å². The maximum atomic E-state index is 11.4. The van der Waals surface area contributed by atoms with Crippen LogP contribution in [0.5, 0.6) is 0 Å². The van der Waals surface area contributed by atoms with Gasteiger partial charge in [-0.15, -0.1) is 0 Å². The molecule has 0 rings (SSSR count). The van der Waals surface area contributed by atoms with Crippen molar-refractivity contribution in [2.45, 2.75) is 125 Å². The van der Waals surface area contributed by atoms with Crippen LogP contribution in [0.15, 0.2) is 0 Å². The number of carbonyl (C=O) groups is 9. The van der Waals surface area contributed by atoms with Crippen molar-refractivity contribution in [1.82, 2.24) is 0 Å². The number of ether oxygens (including phenoxy) is 3. The molecule has 0 aliphatic heterocycles. The fraction of sp³-hybridized carbons (Fsp3) is 0.727. The van der Waals surface area contributed by atoms with Gasteiger partial charge in [0, 0.05) is 34.8 Å². The molecule has 0 heterocycles. The molecule has 0 aromatic rings. The molecule has 13 heteroatoms. The number of carbonyl (C=O) groups excluding carboxylic acids is 9. The van der Waals surface area contributed by atoms with Crippen molar-refractivity contribution in [3.8, 4) is 0 Å². The summed E-state index contributed by atoms with van der Waals surface area (Å²) in [5.41, 5.74) is -4.82. The van der Waals surface area contributed by atoms with E-state index in [-0.39, 0.29) is 18.6 Å². The molecule has 1 radical (unpaired) electrons. The molecule has 12 nitrogen and oxygen atoms in total. The molecule has 263 valence electrons. The second-order valence-corrected chi connectivity index (χ2v) is 16.5. The Morgan fingerprint density at radius 3 is 0.500 bits per heavy atom. The van der Waals surface area contributed by atoms with Gasteiger partial charge in [0.2, 0.25) is 17.3 Å². The topological polar surface area (TPSA) is 181 Å². The van der Waals surface area contributed by atoms with E-state index < -0.39 is 85.7 Å². The molecule has 46 heavy (non-hydrogen) atoms. The largest absolute Gasteiger partial charge is 0.387 e. The summed E-state index contributed by atoms with van der Waals surface area (Å²) in [6.45, 7) is 28.9. The Morgan fingerprint density at radius 2 is 0.413 bits per heavy atom. The summed E-state index contributed by atoms with van der Waals surface area (Å²) in [7, 11) is 0. The molecule has 0 aliphatic carbocycles. The Hall–Kier alpha value is -2.99. The van der Waals surface area contributed by atoms with Crippen LogP contribution in [0.3, 0.4) is 0 Å². The summed E-state index contributed by atoms with van der Waals surface area (Å²) < 4.78 is 13.4. The minimum atomic E-state index is -1.08. The predicted octanol–water partition coefficient (Wildman–Crippen LogP) is 5.15. The first kappa shape index (κ1) is 49.9. The molecule has 0 aromatic heterocycles. The normalized spacial score (nSPS) is 11.9. The minimum Gasteiger partial charge on any atom is -0.387 e. The first-order valence-electron chi connectivity index (χ1n) is 14.3. The van der Waals surface area contributed by atoms with E-state index in [0.717, 1.165) is 0 Å². The van der Waals surface area contributed by atoms with Gasteiger partial charge in [0.1, 0.15) is 0 Å². The molecule has 0 fully saturated rings. The Balaban J connectivity index is -0.000000285. The smallest absolute Gasteiger partial charge is 0.382 e. The SMILES string of the molecule is CC(C)(C)C(=O)OC(=O)C(=O)C(C)(C)C.CC(C)(C)C(=O)OC(=O)C(=O)C(C)(C)C.CC(C)(C)C(=O)OC(=O)C(=O)C(C)(C)C.[V]. The number of rotatable bonds is 3. The van der Waals surface area contributed by atoms with Gasteiger partial charge >= 0.3 is 35.8 Å². The van der Waals surface area contributed by atoms with Crippen molar-refractivity contribution in [3.63, 3.8) is 0 Å². The van der Waals surface area contributed by atoms with Gasteiger partial charge in [0.15, 0.2) is 0 Å². The maximum Gasteiger partial charge on any atom is 0.382 e. The van der Waals surface area contributed by atoms with Crippen molar-refractivity contribution in [1.29, 1.82) is 0 Å². The van der Waals surface area contributed by atoms with Crippen molar-refractivity contribution in [3.05, 3.63) is 0 Å². The second-order valence-electron chi connectivity index (χ2n) is 16.5. The molecule has 0 bridgehead atoms. The fourth-order valence-corrected chi connectivity index (χ4v) is 1.77. The first-order chi connectivity index (χ1) is 19.4. The average molecular weight is 694 g/mol. The number of ketones is 3. The van der Waals surface area contributed by atoms with Crippen LogP contribution in [-0.4, -0.2) is 53.2 Å². The standard InChI is InChI=1S/3C11H18O4.V/c3*1-10(2,3)7(12)8(13)15-9(14)11(4,5)6;/h3*1-6H3;. The molecule has 0 unspecified atom stereocenters. The zero-order valence-corrected chi connectivity index (χ0v) is 32.2. The molecular weight excluding hydrogens is 639 g/mol. The van der Waals surface area contributed by atoms with E-state index >= 15 is 0 Å². The minimum absolute atomic E-state index is 0. The number of hydrogen-bond acceptors (Lipinski definition) is 12. The zero-order chi connectivity index (χ0) is 37.3. The quantitative estimate of drug-likeness (QED) is 0.164. The monoisotopic (exact) mass is 693 g/mol. The van der Waals surface area contributed by atoms with E-state index in [1.165, 1.54) is 0 Å². The van der Waals surface area contributed by atoms with E-state index in [1.807, 2.05) is 0 Å². The van der Waals surface area contributed by atoms with Crippen molar-refractivity contribution >= 4 is 53.2 Å². The van der Waals surface area contributed by atoms with Gasteiger partial charge < -0.3 is 14.2 Å². The van der Waals surface area contributed by atoms with Crippen LogP contribution in [-0.2, 0) is 75.9 Å². The third-order valence-corrected chi connectivity index (χ3v) is 4.99. The second kappa shape index (κ2) is 17.8. The Morgan fingerprint density at radius 1 is 0.283 bits per heavy atom. The summed E-state index contributed by atoms with van der Waals surface area (Å²) in [6, 6.07) is 0. The molecule has 0 saturated carbocycles. The summed E-state index contributed by atoms with van der Waals surface area (Å²) in [5, 5.41) is 0. The zero-order valence-electron chi connectivity index (χ0n) is 30.8. The number of Topliss-reactive ketones (excluding diaryl/α,β-unsaturated/α-hetero) is 3. The van der Waals surface area contributed by atoms with Crippen LogP contribution < -0.4 is 0 Å². The van der Waals surface area contributed by atoms with E-state index in [1.54, 1.807) is 125 Å². The molecular formula is C33H54O12V. The molecule has 0 aromatic carbocycles. The number of hydrogen-bond donors (Lipinski definition) is 0. The molecule has 0 spiro atoms. The van der Waals surface area contributed by atoms with Crippen LogP contribution in [0.2, 0.25) is 0 Å². The summed E-state index contributed by atoms with van der Waals surface area (Å²) in [6.07, 6.45) is 0. The molecule has 0 aliphatic rings. The van der Waals surface area contributed by atoms with E-state index in [2.05, 4.69) is 14.2 Å². The first-order valence-corrected chi connectivity index (χ1v) is 14.3. The summed E-state index contributed by atoms with van der Waals surface area (Å²) >= 11 is 0. The Kier molecular flexibility index (Phi) is 19.3. The third kappa shape index (κ3) is 20.2. The van der Waals surface area contributed by atoms with Gasteiger partial charge in [0.05, 0.1) is 16.2 Å². The van der Waals surface area contributed by atoms with Gasteiger partial charge in [0.25, 0.3) is 0 Å². The van der Waals surface area contributed by atoms with Gasteiger partial charge in [-0.05, 0) is 62.3 Å². The summed E-state index contributed by atoms with van der Waals surface area (Å²) in [5.74, 6) is -7.40. The maximum absolute atomic E-state index is 11.4. The van der Waals surface area contributed by atoms with Crippen molar-refractivity contribution in [2.75, 3.05) is 0 Å². The van der Waals surface area contributed by atoms with Crippen LogP contribution >= 0.6 is 0 Å². The Labute approximate surface area is 285 Å². The van der Waals surface area contributed by atoms with Gasteiger partial charge in [-0.2, -0.15) is 0 Å². The van der Waals surface area contributed by atoms with Crippen molar-refractivity contribution in [2.24, 2.45) is 32.5 Å². The molecule has 0 N–H and O–H groups in total. The number of esters is 6. The van der Waals surface area contributed by atoms with Crippen LogP contribution in [0, 0.1) is 32.5 Å². The fourth-order valence-electron chi connectivity index (χ4n) is 1.77. The molecule has 0 saturated heterocycles. The average Bonchev–Trinajstić information content (AvgIpc) is 2.79. The van der Waals surface area contributed by atoms with Crippen molar-refractivity contribution < 1.29 is 75.9 Å². The predicted molar refractivity (Wildman–Crippen MR) is 165 cm³/mol. The molecule has 0 amide bonds. The van der Waals surface area contributed by atoms with Crippen LogP contribution in [0.25, 0.3) is 0 Å². The van der Waals surface area contributed by atoms with Gasteiger partial charge in [-0.3, -0.25) is 28.8 Å². The van der Waals surface area contributed by atoms with Gasteiger partial charge in [-0.25, -0.2) is 14.4 Å². The van der Waals surface area contributed by atoms with E-state index in [0.29, 0.717) is 0 Å².